The molecule has 1 aliphatic heterocycles. The van der Waals surface area contributed by atoms with Gasteiger partial charge in [-0.2, -0.15) is 0 Å². The van der Waals surface area contributed by atoms with Crippen LogP contribution in [0.2, 0.25) is 0 Å². The molecule has 112 valence electrons. The van der Waals surface area contributed by atoms with Crippen LogP contribution in [0.5, 0.6) is 0 Å². The Morgan fingerprint density at radius 3 is 2.45 bits per heavy atom. The predicted octanol–water partition coefficient (Wildman–Crippen LogP) is 3.15. The molecule has 1 saturated heterocycles. The molecule has 3 heteroatoms. The molecule has 1 heterocycles. The van der Waals surface area contributed by atoms with Crippen LogP contribution in [0.3, 0.4) is 0 Å². The SMILES string of the molecule is CCOCCN(C)Cc1ccc(N2CCCCC2)cc1. The number of piperidine rings is 1. The summed E-state index contributed by atoms with van der Waals surface area (Å²) in [5, 5.41) is 0. The quantitative estimate of drug-likeness (QED) is 0.712. The van der Waals surface area contributed by atoms with E-state index in [1.54, 1.807) is 0 Å². The fraction of sp³-hybridized carbons (Fsp3) is 0.647. The molecule has 3 nitrogen and oxygen atoms in total. The summed E-state index contributed by atoms with van der Waals surface area (Å²) in [4.78, 5) is 4.82. The lowest BCUT2D eigenvalue weighted by Crippen LogP contribution is -2.29. The molecule has 0 atom stereocenters. The molecule has 0 radical (unpaired) electrons. The maximum absolute atomic E-state index is 5.39. The molecule has 0 unspecified atom stereocenters. The predicted molar refractivity (Wildman–Crippen MR) is 85.3 cm³/mol. The molecule has 1 fully saturated rings. The van der Waals surface area contributed by atoms with Crippen LogP contribution in [0.4, 0.5) is 5.69 Å². The van der Waals surface area contributed by atoms with Gasteiger partial charge in [0.15, 0.2) is 0 Å². The van der Waals surface area contributed by atoms with Crippen LogP contribution in [0.1, 0.15) is 31.7 Å². The lowest BCUT2D eigenvalue weighted by Gasteiger charge is -2.29. The third kappa shape index (κ3) is 4.80. The number of likely N-dealkylation sites (N-methyl/N-ethyl adjacent to an activating group) is 1. The topological polar surface area (TPSA) is 15.7 Å². The second kappa shape index (κ2) is 8.28. The van der Waals surface area contributed by atoms with Gasteiger partial charge in [-0.1, -0.05) is 12.1 Å². The summed E-state index contributed by atoms with van der Waals surface area (Å²) >= 11 is 0. The average Bonchev–Trinajstić information content (AvgIpc) is 2.49. The number of ether oxygens (including phenoxy) is 1. The van der Waals surface area contributed by atoms with Crippen LogP contribution in [0.15, 0.2) is 24.3 Å². The first-order valence-electron chi connectivity index (χ1n) is 7.90. The number of nitrogens with zero attached hydrogens (tertiary/aromatic N) is 2. The highest BCUT2D eigenvalue weighted by Gasteiger charge is 2.10. The second-order valence-corrected chi connectivity index (χ2v) is 5.65. The van der Waals surface area contributed by atoms with E-state index in [0.29, 0.717) is 0 Å². The largest absolute Gasteiger partial charge is 0.380 e. The summed E-state index contributed by atoms with van der Waals surface area (Å²) in [6.45, 7) is 8.08. The van der Waals surface area contributed by atoms with Gasteiger partial charge in [-0.15, -0.1) is 0 Å². The molecular formula is C17H28N2O. The number of hydrogen-bond donors (Lipinski definition) is 0. The van der Waals surface area contributed by atoms with Gasteiger partial charge < -0.3 is 9.64 Å². The highest BCUT2D eigenvalue weighted by atomic mass is 16.5. The Hall–Kier alpha value is -1.06. The summed E-state index contributed by atoms with van der Waals surface area (Å²) in [5.41, 5.74) is 2.76. The van der Waals surface area contributed by atoms with Crippen molar-refractivity contribution in [2.45, 2.75) is 32.7 Å². The Morgan fingerprint density at radius 2 is 1.80 bits per heavy atom. The van der Waals surface area contributed by atoms with Crippen LogP contribution in [0, 0.1) is 0 Å². The van der Waals surface area contributed by atoms with E-state index in [9.17, 15) is 0 Å². The summed E-state index contributed by atoms with van der Waals surface area (Å²) < 4.78 is 5.39. The van der Waals surface area contributed by atoms with Crippen LogP contribution in [-0.2, 0) is 11.3 Å². The molecule has 0 saturated carbocycles. The smallest absolute Gasteiger partial charge is 0.0593 e. The molecule has 0 spiro atoms. The molecule has 20 heavy (non-hydrogen) atoms. The van der Waals surface area contributed by atoms with Crippen molar-refractivity contribution in [2.75, 3.05) is 44.8 Å². The van der Waals surface area contributed by atoms with E-state index in [1.807, 2.05) is 6.92 Å². The van der Waals surface area contributed by atoms with Gasteiger partial charge in [0.2, 0.25) is 0 Å². The summed E-state index contributed by atoms with van der Waals surface area (Å²) in [6, 6.07) is 9.08. The molecule has 0 aromatic heterocycles. The minimum absolute atomic E-state index is 0.804. The highest BCUT2D eigenvalue weighted by Crippen LogP contribution is 2.20. The Labute approximate surface area is 123 Å². The van der Waals surface area contributed by atoms with E-state index in [0.717, 1.165) is 26.3 Å². The van der Waals surface area contributed by atoms with Gasteiger partial charge in [0.05, 0.1) is 6.61 Å². The van der Waals surface area contributed by atoms with Crippen LogP contribution in [-0.4, -0.2) is 44.8 Å². The van der Waals surface area contributed by atoms with E-state index >= 15 is 0 Å². The zero-order valence-electron chi connectivity index (χ0n) is 13.0. The van der Waals surface area contributed by atoms with Gasteiger partial charge in [0.1, 0.15) is 0 Å². The lowest BCUT2D eigenvalue weighted by molar-refractivity contribution is 0.120. The van der Waals surface area contributed by atoms with E-state index < -0.39 is 0 Å². The van der Waals surface area contributed by atoms with Gasteiger partial charge in [-0.05, 0) is 50.9 Å². The minimum atomic E-state index is 0.804. The monoisotopic (exact) mass is 276 g/mol. The highest BCUT2D eigenvalue weighted by molar-refractivity contribution is 5.47. The van der Waals surface area contributed by atoms with Crippen molar-refractivity contribution in [3.8, 4) is 0 Å². The van der Waals surface area contributed by atoms with Gasteiger partial charge >= 0.3 is 0 Å². The zero-order valence-corrected chi connectivity index (χ0v) is 13.0. The molecule has 2 rings (SSSR count). The van der Waals surface area contributed by atoms with E-state index in [2.05, 4.69) is 41.1 Å². The Bertz CT molecular complexity index is 371. The van der Waals surface area contributed by atoms with Crippen LogP contribution in [0.25, 0.3) is 0 Å². The second-order valence-electron chi connectivity index (χ2n) is 5.65. The lowest BCUT2D eigenvalue weighted by atomic mass is 10.1. The van der Waals surface area contributed by atoms with Crippen molar-refractivity contribution in [1.29, 1.82) is 0 Å². The van der Waals surface area contributed by atoms with Crippen molar-refractivity contribution in [3.05, 3.63) is 29.8 Å². The first-order chi connectivity index (χ1) is 9.79. The van der Waals surface area contributed by atoms with Crippen molar-refractivity contribution >= 4 is 5.69 Å². The van der Waals surface area contributed by atoms with Gasteiger partial charge in [-0.25, -0.2) is 0 Å². The summed E-state index contributed by atoms with van der Waals surface area (Å²) in [5.74, 6) is 0. The van der Waals surface area contributed by atoms with Crippen molar-refractivity contribution in [2.24, 2.45) is 0 Å². The Morgan fingerprint density at radius 1 is 1.10 bits per heavy atom. The van der Waals surface area contributed by atoms with E-state index in [1.165, 1.54) is 43.6 Å². The standard InChI is InChI=1S/C17H28N2O/c1-3-20-14-13-18(2)15-16-7-9-17(10-8-16)19-11-5-4-6-12-19/h7-10H,3-6,11-15H2,1-2H3. The van der Waals surface area contributed by atoms with Gasteiger partial charge in [-0.3, -0.25) is 4.90 Å². The fourth-order valence-electron chi connectivity index (χ4n) is 2.72. The average molecular weight is 276 g/mol. The maximum atomic E-state index is 5.39. The third-order valence-corrected chi connectivity index (χ3v) is 3.93. The molecular weight excluding hydrogens is 248 g/mol. The molecule has 1 aromatic carbocycles. The Kier molecular flexibility index (Phi) is 6.34. The summed E-state index contributed by atoms with van der Waals surface area (Å²) in [7, 11) is 2.15. The number of benzene rings is 1. The van der Waals surface area contributed by atoms with Crippen molar-refractivity contribution in [1.82, 2.24) is 4.90 Å². The van der Waals surface area contributed by atoms with Crippen LogP contribution < -0.4 is 4.90 Å². The minimum Gasteiger partial charge on any atom is -0.380 e. The van der Waals surface area contributed by atoms with E-state index in [4.69, 9.17) is 4.74 Å². The normalized spacial score (nSPS) is 15.8. The summed E-state index contributed by atoms with van der Waals surface area (Å²) in [6.07, 6.45) is 4.06. The molecule has 1 aliphatic rings. The first kappa shape index (κ1) is 15.3. The van der Waals surface area contributed by atoms with Crippen molar-refractivity contribution < 1.29 is 4.74 Å². The third-order valence-electron chi connectivity index (χ3n) is 3.93. The first-order valence-corrected chi connectivity index (χ1v) is 7.90. The Balaban J connectivity index is 1.81. The van der Waals surface area contributed by atoms with E-state index in [-0.39, 0.29) is 0 Å². The van der Waals surface area contributed by atoms with Gasteiger partial charge in [0.25, 0.3) is 0 Å². The molecule has 1 aromatic rings. The number of hydrogen-bond acceptors (Lipinski definition) is 3. The molecule has 0 bridgehead atoms. The maximum Gasteiger partial charge on any atom is 0.0593 e. The zero-order chi connectivity index (χ0) is 14.2. The molecule has 0 amide bonds. The number of rotatable bonds is 7. The van der Waals surface area contributed by atoms with Gasteiger partial charge in [0, 0.05) is 38.5 Å². The molecule has 0 aliphatic carbocycles. The number of anilines is 1. The fourth-order valence-corrected chi connectivity index (χ4v) is 2.72. The van der Waals surface area contributed by atoms with Crippen LogP contribution >= 0.6 is 0 Å². The molecule has 0 N–H and O–H groups in total. The van der Waals surface area contributed by atoms with Crippen molar-refractivity contribution in [3.63, 3.8) is 0 Å².